The van der Waals surface area contributed by atoms with Crippen molar-refractivity contribution in [3.05, 3.63) is 12.7 Å². The number of carbonyl (C=O) groups is 2. The van der Waals surface area contributed by atoms with Gasteiger partial charge in [0.2, 0.25) is 5.91 Å². The number of allylic oxidation sites excluding steroid dienone is 1. The van der Waals surface area contributed by atoms with E-state index in [0.717, 1.165) is 25.0 Å². The van der Waals surface area contributed by atoms with E-state index >= 15 is 0 Å². The number of thioether (sulfide) groups is 1. The summed E-state index contributed by atoms with van der Waals surface area (Å²) in [4.78, 5) is 21.2. The molecule has 80 valence electrons. The largest absolute Gasteiger partial charge is 0.369 e. The van der Waals surface area contributed by atoms with Crippen LogP contribution in [-0.2, 0) is 9.59 Å². The van der Waals surface area contributed by atoms with Crippen molar-refractivity contribution in [3.63, 3.8) is 0 Å². The van der Waals surface area contributed by atoms with Crippen molar-refractivity contribution in [3.8, 4) is 0 Å². The SMILES string of the molecule is C=CC(=O)CCCCCSCC(N)=O. The van der Waals surface area contributed by atoms with Crippen LogP contribution in [0.25, 0.3) is 0 Å². The van der Waals surface area contributed by atoms with Gasteiger partial charge in [0, 0.05) is 6.42 Å². The lowest BCUT2D eigenvalue weighted by atomic mass is 10.1. The number of nitrogens with two attached hydrogens (primary N) is 1. The van der Waals surface area contributed by atoms with Gasteiger partial charge in [-0.15, -0.1) is 0 Å². The first kappa shape index (κ1) is 13.2. The van der Waals surface area contributed by atoms with Gasteiger partial charge in [-0.05, 0) is 24.7 Å². The highest BCUT2D eigenvalue weighted by Gasteiger charge is 1.97. The maximum absolute atomic E-state index is 10.8. The number of hydrogen-bond donors (Lipinski definition) is 1. The molecule has 0 aliphatic carbocycles. The third kappa shape index (κ3) is 9.32. The minimum Gasteiger partial charge on any atom is -0.369 e. The molecule has 0 fully saturated rings. The van der Waals surface area contributed by atoms with Crippen LogP contribution < -0.4 is 5.73 Å². The lowest BCUT2D eigenvalue weighted by Crippen LogP contribution is -2.13. The molecule has 0 heterocycles. The van der Waals surface area contributed by atoms with Crippen molar-refractivity contribution in [2.24, 2.45) is 5.73 Å². The monoisotopic (exact) mass is 215 g/mol. The quantitative estimate of drug-likeness (QED) is 0.468. The molecule has 2 N–H and O–H groups in total. The normalized spacial score (nSPS) is 9.71. The minimum atomic E-state index is -0.267. The fraction of sp³-hybridized carbons (Fsp3) is 0.600. The van der Waals surface area contributed by atoms with Gasteiger partial charge in [0.15, 0.2) is 5.78 Å². The second-order valence-corrected chi connectivity index (χ2v) is 4.11. The van der Waals surface area contributed by atoms with E-state index in [2.05, 4.69) is 6.58 Å². The zero-order valence-corrected chi connectivity index (χ0v) is 9.15. The molecule has 0 aromatic carbocycles. The Bertz CT molecular complexity index is 204. The Morgan fingerprint density at radius 2 is 2.00 bits per heavy atom. The van der Waals surface area contributed by atoms with Gasteiger partial charge in [-0.25, -0.2) is 0 Å². The van der Waals surface area contributed by atoms with Gasteiger partial charge in [-0.3, -0.25) is 9.59 Å². The lowest BCUT2D eigenvalue weighted by molar-refractivity contribution is -0.116. The fourth-order valence-corrected chi connectivity index (χ4v) is 1.71. The van der Waals surface area contributed by atoms with Gasteiger partial charge >= 0.3 is 0 Å². The van der Waals surface area contributed by atoms with Gasteiger partial charge in [0.05, 0.1) is 5.75 Å². The predicted molar refractivity (Wildman–Crippen MR) is 60.2 cm³/mol. The average molecular weight is 215 g/mol. The summed E-state index contributed by atoms with van der Waals surface area (Å²) in [5.41, 5.74) is 4.98. The van der Waals surface area contributed by atoms with E-state index in [0.29, 0.717) is 12.2 Å². The highest BCUT2D eigenvalue weighted by atomic mass is 32.2. The molecule has 3 nitrogen and oxygen atoms in total. The van der Waals surface area contributed by atoms with Crippen molar-refractivity contribution in [1.29, 1.82) is 0 Å². The third-order valence-corrected chi connectivity index (χ3v) is 2.75. The Morgan fingerprint density at radius 1 is 1.29 bits per heavy atom. The zero-order valence-electron chi connectivity index (χ0n) is 8.33. The molecule has 0 rings (SSSR count). The van der Waals surface area contributed by atoms with Crippen LogP contribution in [0.2, 0.25) is 0 Å². The van der Waals surface area contributed by atoms with E-state index in [4.69, 9.17) is 5.73 Å². The van der Waals surface area contributed by atoms with E-state index in [9.17, 15) is 9.59 Å². The summed E-state index contributed by atoms with van der Waals surface area (Å²) in [7, 11) is 0. The first-order valence-electron chi connectivity index (χ1n) is 4.68. The Kier molecular flexibility index (Phi) is 8.33. The number of primary amides is 1. The smallest absolute Gasteiger partial charge is 0.227 e. The molecule has 0 saturated carbocycles. The van der Waals surface area contributed by atoms with Crippen LogP contribution in [0.15, 0.2) is 12.7 Å². The molecule has 0 atom stereocenters. The summed E-state index contributed by atoms with van der Waals surface area (Å²) < 4.78 is 0. The first-order valence-corrected chi connectivity index (χ1v) is 5.83. The lowest BCUT2D eigenvalue weighted by Gasteiger charge is -1.98. The van der Waals surface area contributed by atoms with Gasteiger partial charge in [-0.1, -0.05) is 13.0 Å². The van der Waals surface area contributed by atoms with Crippen molar-refractivity contribution in [1.82, 2.24) is 0 Å². The summed E-state index contributed by atoms with van der Waals surface area (Å²) in [6.45, 7) is 3.40. The van der Waals surface area contributed by atoms with Crippen LogP contribution in [-0.4, -0.2) is 23.2 Å². The Balaban J connectivity index is 3.10. The number of ketones is 1. The zero-order chi connectivity index (χ0) is 10.8. The van der Waals surface area contributed by atoms with Crippen molar-refractivity contribution in [2.45, 2.75) is 25.7 Å². The molecule has 14 heavy (non-hydrogen) atoms. The van der Waals surface area contributed by atoms with Crippen LogP contribution in [0.3, 0.4) is 0 Å². The predicted octanol–water partition coefficient (Wildman–Crippen LogP) is 1.52. The van der Waals surface area contributed by atoms with Crippen LogP contribution >= 0.6 is 11.8 Å². The van der Waals surface area contributed by atoms with Crippen molar-refractivity contribution >= 4 is 23.5 Å². The molecule has 0 aliphatic heterocycles. The number of carbonyl (C=O) groups excluding carboxylic acids is 2. The molecule has 4 heteroatoms. The summed E-state index contributed by atoms with van der Waals surface area (Å²) in [5.74, 6) is 1.17. The molecule has 1 amide bonds. The van der Waals surface area contributed by atoms with E-state index in [1.54, 1.807) is 11.8 Å². The average Bonchev–Trinajstić information content (AvgIpc) is 2.15. The molecule has 0 aromatic rings. The van der Waals surface area contributed by atoms with Gasteiger partial charge < -0.3 is 5.73 Å². The molecule has 0 unspecified atom stereocenters. The second kappa shape index (κ2) is 8.81. The summed E-state index contributed by atoms with van der Waals surface area (Å²) in [5, 5.41) is 0. The van der Waals surface area contributed by atoms with Gasteiger partial charge in [-0.2, -0.15) is 11.8 Å². The third-order valence-electron chi connectivity index (χ3n) is 1.68. The highest BCUT2D eigenvalue weighted by Crippen LogP contribution is 2.07. The Hall–Kier alpha value is -0.770. The number of rotatable bonds is 9. The van der Waals surface area contributed by atoms with E-state index in [1.807, 2.05) is 0 Å². The fourth-order valence-electron chi connectivity index (χ4n) is 0.955. The standard InChI is InChI=1S/C10H17NO2S/c1-2-9(12)6-4-3-5-7-14-8-10(11)13/h2H,1,3-8H2,(H2,11,13). The van der Waals surface area contributed by atoms with E-state index in [1.165, 1.54) is 6.08 Å². The molecular weight excluding hydrogens is 198 g/mol. The summed E-state index contributed by atoms with van der Waals surface area (Å²) in [6.07, 6.45) is 4.90. The molecule has 0 aromatic heterocycles. The molecular formula is C10H17NO2S. The first-order chi connectivity index (χ1) is 6.66. The molecule has 0 aliphatic rings. The van der Waals surface area contributed by atoms with Crippen LogP contribution in [0.4, 0.5) is 0 Å². The number of amides is 1. The van der Waals surface area contributed by atoms with E-state index < -0.39 is 0 Å². The van der Waals surface area contributed by atoms with Gasteiger partial charge in [0.25, 0.3) is 0 Å². The molecule has 0 radical (unpaired) electrons. The maximum Gasteiger partial charge on any atom is 0.227 e. The number of unbranched alkanes of at least 4 members (excludes halogenated alkanes) is 2. The van der Waals surface area contributed by atoms with Crippen LogP contribution in [0.5, 0.6) is 0 Å². The minimum absolute atomic E-state index is 0.106. The summed E-state index contributed by atoms with van der Waals surface area (Å²) >= 11 is 1.55. The molecule has 0 saturated heterocycles. The van der Waals surface area contributed by atoms with Gasteiger partial charge in [0.1, 0.15) is 0 Å². The maximum atomic E-state index is 10.8. The highest BCUT2D eigenvalue weighted by molar-refractivity contribution is 7.99. The topological polar surface area (TPSA) is 60.2 Å². The molecule has 0 bridgehead atoms. The second-order valence-electron chi connectivity index (χ2n) is 3.00. The Morgan fingerprint density at radius 3 is 2.57 bits per heavy atom. The van der Waals surface area contributed by atoms with E-state index in [-0.39, 0.29) is 11.7 Å². The van der Waals surface area contributed by atoms with Crippen molar-refractivity contribution < 1.29 is 9.59 Å². The Labute approximate surface area is 89.1 Å². The molecule has 0 spiro atoms. The van der Waals surface area contributed by atoms with Crippen LogP contribution in [0.1, 0.15) is 25.7 Å². The van der Waals surface area contributed by atoms with Crippen molar-refractivity contribution in [2.75, 3.05) is 11.5 Å². The summed E-state index contributed by atoms with van der Waals surface area (Å²) in [6, 6.07) is 0. The van der Waals surface area contributed by atoms with Crippen LogP contribution in [0, 0.1) is 0 Å². The number of hydrogen-bond acceptors (Lipinski definition) is 3.